The summed E-state index contributed by atoms with van der Waals surface area (Å²) in [5.41, 5.74) is 2.14. The molecule has 6 nitrogen and oxygen atoms in total. The van der Waals surface area contributed by atoms with Crippen molar-refractivity contribution in [3.63, 3.8) is 0 Å². The van der Waals surface area contributed by atoms with Gasteiger partial charge in [0.05, 0.1) is 0 Å². The molecule has 0 saturated carbocycles. The number of carboxylic acids is 1. The SMILES string of the molecule is CC(C)(C)c1ccc(C(=O)NCCC(=O)N[C@H](C(=O)O)c2ccccc2)cc1. The molecule has 0 radical (unpaired) electrons. The summed E-state index contributed by atoms with van der Waals surface area (Å²) >= 11 is 0. The van der Waals surface area contributed by atoms with Crippen molar-refractivity contribution in [3.8, 4) is 0 Å². The first kappa shape index (κ1) is 21.2. The van der Waals surface area contributed by atoms with E-state index in [1.54, 1.807) is 42.5 Å². The van der Waals surface area contributed by atoms with Gasteiger partial charge >= 0.3 is 5.97 Å². The zero-order valence-electron chi connectivity index (χ0n) is 16.4. The van der Waals surface area contributed by atoms with Crippen molar-refractivity contribution in [3.05, 3.63) is 71.3 Å². The van der Waals surface area contributed by atoms with Gasteiger partial charge in [0.2, 0.25) is 5.91 Å². The number of carboxylic acid groups (broad SMARTS) is 1. The second-order valence-electron chi connectivity index (χ2n) is 7.58. The van der Waals surface area contributed by atoms with E-state index in [-0.39, 0.29) is 24.3 Å². The maximum atomic E-state index is 12.2. The zero-order valence-corrected chi connectivity index (χ0v) is 16.4. The highest BCUT2D eigenvalue weighted by Crippen LogP contribution is 2.22. The number of aliphatic carboxylic acids is 1. The lowest BCUT2D eigenvalue weighted by Gasteiger charge is -2.19. The molecule has 0 saturated heterocycles. The number of benzene rings is 2. The first-order valence-electron chi connectivity index (χ1n) is 9.14. The lowest BCUT2D eigenvalue weighted by Crippen LogP contribution is -2.36. The molecule has 2 amide bonds. The third kappa shape index (κ3) is 5.94. The molecule has 0 aromatic heterocycles. The lowest BCUT2D eigenvalue weighted by atomic mass is 9.87. The minimum Gasteiger partial charge on any atom is -0.479 e. The first-order valence-corrected chi connectivity index (χ1v) is 9.14. The number of carbonyl (C=O) groups excluding carboxylic acids is 2. The third-order valence-electron chi connectivity index (χ3n) is 4.34. The minimum absolute atomic E-state index is 0.00648. The van der Waals surface area contributed by atoms with Crippen LogP contribution in [0.4, 0.5) is 0 Å². The Balaban J connectivity index is 1.86. The standard InChI is InChI=1S/C22H26N2O4/c1-22(2,3)17-11-9-16(10-12-17)20(26)23-14-13-18(25)24-19(21(27)28)15-7-5-4-6-8-15/h4-12,19H,13-14H2,1-3H3,(H,23,26)(H,24,25)(H,27,28)/t19-/m0/s1. The van der Waals surface area contributed by atoms with Gasteiger partial charge in [-0.05, 0) is 28.7 Å². The predicted molar refractivity (Wildman–Crippen MR) is 107 cm³/mol. The highest BCUT2D eigenvalue weighted by atomic mass is 16.4. The molecule has 1 atom stereocenters. The topological polar surface area (TPSA) is 95.5 Å². The number of carbonyl (C=O) groups is 3. The molecule has 148 valence electrons. The van der Waals surface area contributed by atoms with E-state index in [0.29, 0.717) is 11.1 Å². The normalized spacial score (nSPS) is 12.1. The first-order chi connectivity index (χ1) is 13.2. The van der Waals surface area contributed by atoms with Crippen LogP contribution in [-0.4, -0.2) is 29.4 Å². The van der Waals surface area contributed by atoms with Crippen LogP contribution in [0.5, 0.6) is 0 Å². The van der Waals surface area contributed by atoms with Crippen LogP contribution < -0.4 is 10.6 Å². The van der Waals surface area contributed by atoms with Gasteiger partial charge in [-0.2, -0.15) is 0 Å². The van der Waals surface area contributed by atoms with E-state index < -0.39 is 17.9 Å². The molecule has 2 aromatic carbocycles. The second-order valence-corrected chi connectivity index (χ2v) is 7.58. The van der Waals surface area contributed by atoms with Gasteiger partial charge < -0.3 is 15.7 Å². The molecule has 0 aliphatic heterocycles. The van der Waals surface area contributed by atoms with Crippen molar-refractivity contribution >= 4 is 17.8 Å². The monoisotopic (exact) mass is 382 g/mol. The fourth-order valence-electron chi connectivity index (χ4n) is 2.68. The molecule has 0 aliphatic rings. The number of hydrogen-bond acceptors (Lipinski definition) is 3. The Morgan fingerprint density at radius 1 is 0.964 bits per heavy atom. The average Bonchev–Trinajstić information content (AvgIpc) is 2.66. The summed E-state index contributed by atoms with van der Waals surface area (Å²) in [7, 11) is 0. The maximum absolute atomic E-state index is 12.2. The van der Waals surface area contributed by atoms with Crippen LogP contribution in [0.25, 0.3) is 0 Å². The number of amides is 2. The molecule has 6 heteroatoms. The van der Waals surface area contributed by atoms with Gasteiger partial charge in [-0.15, -0.1) is 0 Å². The fraction of sp³-hybridized carbons (Fsp3) is 0.318. The van der Waals surface area contributed by atoms with Gasteiger partial charge in [0.25, 0.3) is 5.91 Å². The number of hydrogen-bond donors (Lipinski definition) is 3. The van der Waals surface area contributed by atoms with Crippen LogP contribution in [0.15, 0.2) is 54.6 Å². The summed E-state index contributed by atoms with van der Waals surface area (Å²) in [6.45, 7) is 6.41. The molecule has 2 aromatic rings. The average molecular weight is 382 g/mol. The van der Waals surface area contributed by atoms with Crippen LogP contribution in [0, 0.1) is 0 Å². The van der Waals surface area contributed by atoms with E-state index in [2.05, 4.69) is 31.4 Å². The summed E-state index contributed by atoms with van der Waals surface area (Å²) in [4.78, 5) is 35.7. The summed E-state index contributed by atoms with van der Waals surface area (Å²) in [6.07, 6.45) is -0.0115. The summed E-state index contributed by atoms with van der Waals surface area (Å²) in [5.74, 6) is -1.85. The Morgan fingerprint density at radius 3 is 2.11 bits per heavy atom. The molecular formula is C22H26N2O4. The Kier molecular flexibility index (Phi) is 6.93. The van der Waals surface area contributed by atoms with Crippen molar-refractivity contribution in [2.24, 2.45) is 0 Å². The predicted octanol–water partition coefficient (Wildman–Crippen LogP) is 3.05. The van der Waals surface area contributed by atoms with Gasteiger partial charge in [-0.1, -0.05) is 63.2 Å². The van der Waals surface area contributed by atoms with Crippen molar-refractivity contribution < 1.29 is 19.5 Å². The van der Waals surface area contributed by atoms with Gasteiger partial charge in [-0.3, -0.25) is 9.59 Å². The van der Waals surface area contributed by atoms with E-state index in [0.717, 1.165) is 5.56 Å². The highest BCUT2D eigenvalue weighted by molar-refractivity contribution is 5.94. The van der Waals surface area contributed by atoms with E-state index in [4.69, 9.17) is 0 Å². The quantitative estimate of drug-likeness (QED) is 0.686. The Labute approximate surface area is 165 Å². The van der Waals surface area contributed by atoms with E-state index in [9.17, 15) is 19.5 Å². The summed E-state index contributed by atoms with van der Waals surface area (Å²) in [6, 6.07) is 14.7. The van der Waals surface area contributed by atoms with Crippen molar-refractivity contribution in [1.82, 2.24) is 10.6 Å². The maximum Gasteiger partial charge on any atom is 0.330 e. The van der Waals surface area contributed by atoms with Crippen LogP contribution in [-0.2, 0) is 15.0 Å². The molecule has 3 N–H and O–H groups in total. The van der Waals surface area contributed by atoms with Crippen molar-refractivity contribution in [2.75, 3.05) is 6.54 Å². The molecule has 0 aliphatic carbocycles. The minimum atomic E-state index is -1.14. The Bertz CT molecular complexity index is 824. The molecule has 0 bridgehead atoms. The summed E-state index contributed by atoms with van der Waals surface area (Å²) < 4.78 is 0. The van der Waals surface area contributed by atoms with Crippen molar-refractivity contribution in [1.29, 1.82) is 0 Å². The van der Waals surface area contributed by atoms with E-state index in [1.807, 2.05) is 12.1 Å². The van der Waals surface area contributed by atoms with Gasteiger partial charge in [0, 0.05) is 18.5 Å². The van der Waals surface area contributed by atoms with Crippen LogP contribution in [0.2, 0.25) is 0 Å². The third-order valence-corrected chi connectivity index (χ3v) is 4.34. The molecular weight excluding hydrogens is 356 g/mol. The van der Waals surface area contributed by atoms with E-state index in [1.165, 1.54) is 0 Å². The second kappa shape index (κ2) is 9.17. The van der Waals surface area contributed by atoms with Crippen LogP contribution >= 0.6 is 0 Å². The van der Waals surface area contributed by atoms with Gasteiger partial charge in [0.15, 0.2) is 6.04 Å². The fourth-order valence-corrected chi connectivity index (χ4v) is 2.68. The van der Waals surface area contributed by atoms with Gasteiger partial charge in [0.1, 0.15) is 0 Å². The molecule has 0 unspecified atom stereocenters. The van der Waals surface area contributed by atoms with Gasteiger partial charge in [-0.25, -0.2) is 4.79 Å². The summed E-state index contributed by atoms with van der Waals surface area (Å²) in [5, 5.41) is 14.5. The molecule has 0 fully saturated rings. The van der Waals surface area contributed by atoms with Crippen LogP contribution in [0.1, 0.15) is 54.7 Å². The number of nitrogens with one attached hydrogen (secondary N) is 2. The Hall–Kier alpha value is -3.15. The smallest absolute Gasteiger partial charge is 0.330 e. The number of rotatable bonds is 7. The molecule has 28 heavy (non-hydrogen) atoms. The zero-order chi connectivity index (χ0) is 20.7. The van der Waals surface area contributed by atoms with Crippen molar-refractivity contribution in [2.45, 2.75) is 38.6 Å². The van der Waals surface area contributed by atoms with E-state index >= 15 is 0 Å². The van der Waals surface area contributed by atoms with Crippen LogP contribution in [0.3, 0.4) is 0 Å². The highest BCUT2D eigenvalue weighted by Gasteiger charge is 2.21. The largest absolute Gasteiger partial charge is 0.479 e. The molecule has 0 heterocycles. The lowest BCUT2D eigenvalue weighted by molar-refractivity contribution is -0.142. The molecule has 2 rings (SSSR count). The molecule has 0 spiro atoms. The Morgan fingerprint density at radius 2 is 1.57 bits per heavy atom.